The van der Waals surface area contributed by atoms with Crippen LogP contribution in [0.1, 0.15) is 27.5 Å². The molecule has 0 saturated carbocycles. The highest BCUT2D eigenvalue weighted by atomic mass is 35.5. The van der Waals surface area contributed by atoms with Crippen molar-refractivity contribution in [3.05, 3.63) is 93.5 Å². The molecule has 1 atom stereocenters. The number of carbonyl (C=O) groups excluding carboxylic acids is 1. The van der Waals surface area contributed by atoms with Crippen molar-refractivity contribution < 1.29 is 4.79 Å². The highest BCUT2D eigenvalue weighted by molar-refractivity contribution is 7.08. The number of fused-ring (bicyclic) bond motifs is 1. The number of hydrogen-bond acceptors (Lipinski definition) is 3. The summed E-state index contributed by atoms with van der Waals surface area (Å²) in [7, 11) is 0. The molecule has 1 amide bonds. The van der Waals surface area contributed by atoms with Crippen LogP contribution < -0.4 is 5.32 Å². The standard InChI is InChI=1S/C19H14ClN3OS/c20-16-4-1-13(2-5-16)18(15-7-10-25-12-15)22-19(24)14-3-6-17-21-8-9-23(17)11-14/h1-12,18H,(H,22,24). The summed E-state index contributed by atoms with van der Waals surface area (Å²) in [5.74, 6) is -0.137. The van der Waals surface area contributed by atoms with Gasteiger partial charge >= 0.3 is 0 Å². The Balaban J connectivity index is 1.65. The van der Waals surface area contributed by atoms with Gasteiger partial charge < -0.3 is 9.72 Å². The first kappa shape index (κ1) is 15.9. The molecule has 4 aromatic rings. The monoisotopic (exact) mass is 367 g/mol. The van der Waals surface area contributed by atoms with Crippen molar-refractivity contribution in [2.45, 2.75) is 6.04 Å². The van der Waals surface area contributed by atoms with Crippen LogP contribution in [0.2, 0.25) is 5.02 Å². The number of thiophene rings is 1. The smallest absolute Gasteiger partial charge is 0.253 e. The number of imidazole rings is 1. The molecule has 0 aliphatic heterocycles. The molecule has 3 aromatic heterocycles. The van der Waals surface area contributed by atoms with Crippen molar-refractivity contribution in [2.75, 3.05) is 0 Å². The van der Waals surface area contributed by atoms with Gasteiger partial charge in [0.15, 0.2) is 0 Å². The summed E-state index contributed by atoms with van der Waals surface area (Å²) in [6.07, 6.45) is 5.31. The summed E-state index contributed by atoms with van der Waals surface area (Å²) in [6, 6.07) is 12.9. The maximum Gasteiger partial charge on any atom is 0.253 e. The van der Waals surface area contributed by atoms with E-state index in [1.165, 1.54) is 0 Å². The molecule has 0 aliphatic carbocycles. The maximum atomic E-state index is 12.8. The quantitative estimate of drug-likeness (QED) is 0.574. The number of halogens is 1. The normalized spacial score (nSPS) is 12.2. The Labute approximate surface area is 153 Å². The van der Waals surface area contributed by atoms with Crippen molar-refractivity contribution in [2.24, 2.45) is 0 Å². The van der Waals surface area contributed by atoms with Crippen molar-refractivity contribution >= 4 is 34.5 Å². The molecule has 0 saturated heterocycles. The second kappa shape index (κ2) is 6.70. The van der Waals surface area contributed by atoms with Gasteiger partial charge in [0, 0.05) is 23.6 Å². The number of aromatic nitrogens is 2. The van der Waals surface area contributed by atoms with Crippen LogP contribution in [0.15, 0.2) is 71.8 Å². The minimum absolute atomic E-state index is 0.137. The predicted octanol–water partition coefficient (Wildman–Crippen LogP) is 4.57. The van der Waals surface area contributed by atoms with Gasteiger partial charge in [-0.25, -0.2) is 4.98 Å². The lowest BCUT2D eigenvalue weighted by molar-refractivity contribution is 0.0942. The molecule has 1 unspecified atom stereocenters. The van der Waals surface area contributed by atoms with E-state index in [0.29, 0.717) is 10.6 Å². The molecule has 4 rings (SSSR count). The van der Waals surface area contributed by atoms with Crippen LogP contribution in [0.25, 0.3) is 5.65 Å². The molecule has 1 N–H and O–H groups in total. The SMILES string of the molecule is O=C(NC(c1ccc(Cl)cc1)c1ccsc1)c1ccc2nccn2c1. The topological polar surface area (TPSA) is 46.4 Å². The summed E-state index contributed by atoms with van der Waals surface area (Å²) in [6.45, 7) is 0. The molecular weight excluding hydrogens is 354 g/mol. The Bertz CT molecular complexity index is 1010. The van der Waals surface area contributed by atoms with Gasteiger partial charge in [-0.1, -0.05) is 23.7 Å². The Hall–Kier alpha value is -2.63. The molecule has 0 aliphatic rings. The largest absolute Gasteiger partial charge is 0.341 e. The Morgan fingerprint density at radius 2 is 1.96 bits per heavy atom. The summed E-state index contributed by atoms with van der Waals surface area (Å²) >= 11 is 7.60. The van der Waals surface area contributed by atoms with Gasteiger partial charge in [0.25, 0.3) is 5.91 Å². The Morgan fingerprint density at radius 1 is 1.12 bits per heavy atom. The second-order valence-electron chi connectivity index (χ2n) is 5.63. The molecule has 0 fully saturated rings. The lowest BCUT2D eigenvalue weighted by Crippen LogP contribution is -2.29. The molecule has 0 radical (unpaired) electrons. The molecule has 0 bridgehead atoms. The van der Waals surface area contributed by atoms with E-state index >= 15 is 0 Å². The van der Waals surface area contributed by atoms with Gasteiger partial charge in [-0.15, -0.1) is 0 Å². The van der Waals surface area contributed by atoms with Gasteiger partial charge in [-0.05, 0) is 52.2 Å². The van der Waals surface area contributed by atoms with Crippen molar-refractivity contribution in [1.29, 1.82) is 0 Å². The van der Waals surface area contributed by atoms with E-state index in [-0.39, 0.29) is 11.9 Å². The Kier molecular flexibility index (Phi) is 4.26. The number of hydrogen-bond donors (Lipinski definition) is 1. The van der Waals surface area contributed by atoms with Gasteiger partial charge in [-0.2, -0.15) is 11.3 Å². The molecular formula is C19H14ClN3OS. The zero-order chi connectivity index (χ0) is 17.2. The van der Waals surface area contributed by atoms with E-state index in [4.69, 9.17) is 11.6 Å². The third-order valence-corrected chi connectivity index (χ3v) is 4.96. The first-order valence-electron chi connectivity index (χ1n) is 7.72. The summed E-state index contributed by atoms with van der Waals surface area (Å²) in [5.41, 5.74) is 3.42. The predicted molar refractivity (Wildman–Crippen MR) is 100 cm³/mol. The number of pyridine rings is 1. The van der Waals surface area contributed by atoms with E-state index in [1.54, 1.807) is 29.8 Å². The third kappa shape index (κ3) is 3.29. The van der Waals surface area contributed by atoms with Crippen molar-refractivity contribution in [3.63, 3.8) is 0 Å². The van der Waals surface area contributed by atoms with Gasteiger partial charge in [0.1, 0.15) is 5.65 Å². The van der Waals surface area contributed by atoms with Crippen LogP contribution in [0.3, 0.4) is 0 Å². The van der Waals surface area contributed by atoms with E-state index in [2.05, 4.69) is 10.3 Å². The maximum absolute atomic E-state index is 12.8. The minimum atomic E-state index is -0.227. The number of nitrogens with one attached hydrogen (secondary N) is 1. The summed E-state index contributed by atoms with van der Waals surface area (Å²) in [4.78, 5) is 17.0. The van der Waals surface area contributed by atoms with Crippen LogP contribution in [0.4, 0.5) is 0 Å². The first-order valence-corrected chi connectivity index (χ1v) is 9.04. The fraction of sp³-hybridized carbons (Fsp3) is 0.0526. The van der Waals surface area contributed by atoms with Crippen LogP contribution in [0.5, 0.6) is 0 Å². The molecule has 124 valence electrons. The zero-order valence-electron chi connectivity index (χ0n) is 13.1. The van der Waals surface area contributed by atoms with E-state index in [9.17, 15) is 4.79 Å². The third-order valence-electron chi connectivity index (χ3n) is 4.01. The molecule has 25 heavy (non-hydrogen) atoms. The van der Waals surface area contributed by atoms with Crippen molar-refractivity contribution in [3.8, 4) is 0 Å². The molecule has 4 nitrogen and oxygen atoms in total. The van der Waals surface area contributed by atoms with E-state index in [1.807, 2.05) is 57.8 Å². The number of carbonyl (C=O) groups is 1. The number of benzene rings is 1. The van der Waals surface area contributed by atoms with Crippen LogP contribution >= 0.6 is 22.9 Å². The fourth-order valence-corrected chi connectivity index (χ4v) is 3.53. The van der Waals surface area contributed by atoms with E-state index < -0.39 is 0 Å². The van der Waals surface area contributed by atoms with Crippen LogP contribution in [0, 0.1) is 0 Å². The first-order chi connectivity index (χ1) is 12.2. The summed E-state index contributed by atoms with van der Waals surface area (Å²) in [5, 5.41) is 7.83. The number of rotatable bonds is 4. The number of nitrogens with zero attached hydrogens (tertiary/aromatic N) is 2. The van der Waals surface area contributed by atoms with E-state index in [0.717, 1.165) is 16.8 Å². The number of amides is 1. The molecule has 6 heteroatoms. The summed E-state index contributed by atoms with van der Waals surface area (Å²) < 4.78 is 1.83. The van der Waals surface area contributed by atoms with Gasteiger partial charge in [0.2, 0.25) is 0 Å². The van der Waals surface area contributed by atoms with Crippen LogP contribution in [-0.4, -0.2) is 15.3 Å². The molecule has 3 heterocycles. The Morgan fingerprint density at radius 3 is 2.72 bits per heavy atom. The fourth-order valence-electron chi connectivity index (χ4n) is 2.72. The van der Waals surface area contributed by atoms with Crippen LogP contribution in [-0.2, 0) is 0 Å². The average molecular weight is 368 g/mol. The zero-order valence-corrected chi connectivity index (χ0v) is 14.7. The van der Waals surface area contributed by atoms with Gasteiger partial charge in [0.05, 0.1) is 11.6 Å². The highest BCUT2D eigenvalue weighted by Gasteiger charge is 2.18. The lowest BCUT2D eigenvalue weighted by Gasteiger charge is -2.19. The average Bonchev–Trinajstić information content (AvgIpc) is 3.31. The minimum Gasteiger partial charge on any atom is -0.341 e. The van der Waals surface area contributed by atoms with Gasteiger partial charge in [-0.3, -0.25) is 4.79 Å². The molecule has 0 spiro atoms. The second-order valence-corrected chi connectivity index (χ2v) is 6.84. The highest BCUT2D eigenvalue weighted by Crippen LogP contribution is 2.26. The lowest BCUT2D eigenvalue weighted by atomic mass is 10.0. The molecule has 1 aromatic carbocycles. The van der Waals surface area contributed by atoms with Crippen molar-refractivity contribution in [1.82, 2.24) is 14.7 Å².